The van der Waals surface area contributed by atoms with E-state index in [0.29, 0.717) is 27.9 Å². The third kappa shape index (κ3) is 5.12. The van der Waals surface area contributed by atoms with E-state index in [1.807, 2.05) is 30.3 Å². The van der Waals surface area contributed by atoms with E-state index in [9.17, 15) is 9.59 Å². The molecule has 0 aromatic heterocycles. The molecule has 4 rings (SSSR count). The summed E-state index contributed by atoms with van der Waals surface area (Å²) in [5.74, 6) is 0.671. The standard InChI is InChI=1S/C26H25ClN2O4/c1-32-22-8-2-3-9-23(22)33-17-24(30)28-20-6-4-7-21(16-20)29-25(31)26(14-5-15-26)18-10-12-19(27)13-11-18/h2-4,6-13,16H,5,14-15,17H2,1H3,(H,28,30)(H,29,31). The monoisotopic (exact) mass is 464 g/mol. The maximum atomic E-state index is 13.2. The van der Waals surface area contributed by atoms with Crippen LogP contribution in [0.1, 0.15) is 24.8 Å². The summed E-state index contributed by atoms with van der Waals surface area (Å²) in [6.07, 6.45) is 2.58. The summed E-state index contributed by atoms with van der Waals surface area (Å²) in [6.45, 7) is -0.170. The van der Waals surface area contributed by atoms with Crippen LogP contribution in [0.25, 0.3) is 0 Å². The van der Waals surface area contributed by atoms with Gasteiger partial charge >= 0.3 is 0 Å². The lowest BCUT2D eigenvalue weighted by Gasteiger charge is -2.40. The Balaban J connectivity index is 1.39. The van der Waals surface area contributed by atoms with Crippen LogP contribution in [0, 0.1) is 0 Å². The fourth-order valence-corrected chi connectivity index (χ4v) is 4.08. The topological polar surface area (TPSA) is 76.7 Å². The van der Waals surface area contributed by atoms with Crippen molar-refractivity contribution >= 4 is 34.8 Å². The number of nitrogens with one attached hydrogen (secondary N) is 2. The molecule has 1 fully saturated rings. The van der Waals surface area contributed by atoms with Gasteiger partial charge in [0, 0.05) is 16.4 Å². The van der Waals surface area contributed by atoms with Crippen molar-refractivity contribution < 1.29 is 19.1 Å². The van der Waals surface area contributed by atoms with Gasteiger partial charge in [-0.1, -0.05) is 48.4 Å². The quantitative estimate of drug-likeness (QED) is 0.466. The number of amides is 2. The fraction of sp³-hybridized carbons (Fsp3) is 0.231. The van der Waals surface area contributed by atoms with E-state index in [1.165, 1.54) is 0 Å². The average Bonchev–Trinajstić information content (AvgIpc) is 2.78. The van der Waals surface area contributed by atoms with E-state index >= 15 is 0 Å². The smallest absolute Gasteiger partial charge is 0.262 e. The highest BCUT2D eigenvalue weighted by Crippen LogP contribution is 2.45. The lowest BCUT2D eigenvalue weighted by atomic mass is 9.64. The molecule has 0 unspecified atom stereocenters. The number of benzene rings is 3. The minimum absolute atomic E-state index is 0.0564. The molecular weight excluding hydrogens is 440 g/mol. The van der Waals surface area contributed by atoms with Crippen LogP contribution in [-0.2, 0) is 15.0 Å². The molecule has 3 aromatic rings. The Morgan fingerprint density at radius 2 is 1.58 bits per heavy atom. The number of halogens is 1. The minimum Gasteiger partial charge on any atom is -0.493 e. The highest BCUT2D eigenvalue weighted by atomic mass is 35.5. The molecule has 170 valence electrons. The highest BCUT2D eigenvalue weighted by Gasteiger charge is 2.45. The number of para-hydroxylation sites is 2. The Hall–Kier alpha value is -3.51. The largest absolute Gasteiger partial charge is 0.493 e. The zero-order chi connectivity index (χ0) is 23.3. The van der Waals surface area contributed by atoms with E-state index < -0.39 is 5.41 Å². The van der Waals surface area contributed by atoms with Gasteiger partial charge < -0.3 is 20.1 Å². The molecule has 1 aliphatic carbocycles. The van der Waals surface area contributed by atoms with Crippen LogP contribution in [0.4, 0.5) is 11.4 Å². The predicted molar refractivity (Wildman–Crippen MR) is 129 cm³/mol. The van der Waals surface area contributed by atoms with Crippen molar-refractivity contribution in [2.45, 2.75) is 24.7 Å². The number of hydrogen-bond acceptors (Lipinski definition) is 4. The molecule has 0 aliphatic heterocycles. The number of carbonyl (C=O) groups is 2. The molecular formula is C26H25ClN2O4. The maximum absolute atomic E-state index is 13.2. The molecule has 3 aromatic carbocycles. The summed E-state index contributed by atoms with van der Waals surface area (Å²) < 4.78 is 10.8. The van der Waals surface area contributed by atoms with E-state index in [0.717, 1.165) is 24.8 Å². The van der Waals surface area contributed by atoms with E-state index in [2.05, 4.69) is 10.6 Å². The number of ether oxygens (including phenoxy) is 2. The molecule has 0 spiro atoms. The van der Waals surface area contributed by atoms with Crippen molar-refractivity contribution in [2.24, 2.45) is 0 Å². The minimum atomic E-state index is -0.549. The first-order valence-corrected chi connectivity index (χ1v) is 11.1. The normalized spacial score (nSPS) is 14.0. The second-order valence-electron chi connectivity index (χ2n) is 7.97. The van der Waals surface area contributed by atoms with Crippen molar-refractivity contribution in [3.8, 4) is 11.5 Å². The zero-order valence-electron chi connectivity index (χ0n) is 18.3. The number of rotatable bonds is 8. The van der Waals surface area contributed by atoms with Gasteiger partial charge in [0.25, 0.3) is 5.91 Å². The summed E-state index contributed by atoms with van der Waals surface area (Å²) in [7, 11) is 1.54. The second-order valence-corrected chi connectivity index (χ2v) is 8.40. The molecule has 1 aliphatic rings. The number of methoxy groups -OCH3 is 1. The third-order valence-electron chi connectivity index (χ3n) is 5.87. The molecule has 1 saturated carbocycles. The van der Waals surface area contributed by atoms with Gasteiger partial charge in [0.1, 0.15) is 0 Å². The van der Waals surface area contributed by atoms with Crippen molar-refractivity contribution in [3.63, 3.8) is 0 Å². The van der Waals surface area contributed by atoms with Gasteiger partial charge in [-0.25, -0.2) is 0 Å². The molecule has 2 amide bonds. The summed E-state index contributed by atoms with van der Waals surface area (Å²) in [5, 5.41) is 6.46. The molecule has 6 nitrogen and oxygen atoms in total. The average molecular weight is 465 g/mol. The molecule has 33 heavy (non-hydrogen) atoms. The Labute approximate surface area is 197 Å². The van der Waals surface area contributed by atoms with Gasteiger partial charge in [-0.3, -0.25) is 9.59 Å². The Kier molecular flexibility index (Phi) is 6.84. The Morgan fingerprint density at radius 3 is 2.21 bits per heavy atom. The van der Waals surface area contributed by atoms with E-state index in [4.69, 9.17) is 21.1 Å². The SMILES string of the molecule is COc1ccccc1OCC(=O)Nc1cccc(NC(=O)C2(c3ccc(Cl)cc3)CCC2)c1. The summed E-state index contributed by atoms with van der Waals surface area (Å²) in [5.41, 5.74) is 1.60. The molecule has 0 atom stereocenters. The first-order valence-electron chi connectivity index (χ1n) is 10.7. The summed E-state index contributed by atoms with van der Waals surface area (Å²) in [4.78, 5) is 25.6. The van der Waals surface area contributed by atoms with Crippen molar-refractivity contribution in [1.29, 1.82) is 0 Å². The van der Waals surface area contributed by atoms with E-state index in [1.54, 1.807) is 49.6 Å². The van der Waals surface area contributed by atoms with Gasteiger partial charge in [-0.2, -0.15) is 0 Å². The van der Waals surface area contributed by atoms with Crippen molar-refractivity contribution in [2.75, 3.05) is 24.4 Å². The van der Waals surface area contributed by atoms with Crippen LogP contribution < -0.4 is 20.1 Å². The highest BCUT2D eigenvalue weighted by molar-refractivity contribution is 6.30. The molecule has 0 heterocycles. The molecule has 0 radical (unpaired) electrons. The first-order chi connectivity index (χ1) is 16.0. The van der Waals surface area contributed by atoms with Crippen molar-refractivity contribution in [1.82, 2.24) is 0 Å². The van der Waals surface area contributed by atoms with Crippen LogP contribution in [0.3, 0.4) is 0 Å². The first kappa shape index (κ1) is 22.7. The number of hydrogen-bond donors (Lipinski definition) is 2. The van der Waals surface area contributed by atoms with E-state index in [-0.39, 0.29) is 18.4 Å². The number of anilines is 2. The Morgan fingerprint density at radius 1 is 0.909 bits per heavy atom. The lowest BCUT2D eigenvalue weighted by molar-refractivity contribution is -0.124. The van der Waals surface area contributed by atoms with Gasteiger partial charge in [-0.15, -0.1) is 0 Å². The maximum Gasteiger partial charge on any atom is 0.262 e. The van der Waals surface area contributed by atoms with Crippen molar-refractivity contribution in [3.05, 3.63) is 83.4 Å². The predicted octanol–water partition coefficient (Wildman–Crippen LogP) is 5.43. The summed E-state index contributed by atoms with van der Waals surface area (Å²) >= 11 is 6.01. The van der Waals surface area contributed by atoms with Gasteiger partial charge in [0.05, 0.1) is 12.5 Å². The second kappa shape index (κ2) is 9.96. The zero-order valence-corrected chi connectivity index (χ0v) is 19.0. The van der Waals surface area contributed by atoms with Gasteiger partial charge in [-0.05, 0) is 60.9 Å². The molecule has 0 bridgehead atoms. The lowest BCUT2D eigenvalue weighted by Crippen LogP contribution is -2.46. The van der Waals surface area contributed by atoms with Crippen LogP contribution in [0.15, 0.2) is 72.8 Å². The summed E-state index contributed by atoms with van der Waals surface area (Å²) in [6, 6.07) is 21.7. The Bertz CT molecular complexity index is 1140. The van der Waals surface area contributed by atoms with Gasteiger partial charge in [0.2, 0.25) is 5.91 Å². The van der Waals surface area contributed by atoms with Crippen LogP contribution >= 0.6 is 11.6 Å². The third-order valence-corrected chi connectivity index (χ3v) is 6.12. The van der Waals surface area contributed by atoms with Crippen LogP contribution in [0.2, 0.25) is 5.02 Å². The molecule has 0 saturated heterocycles. The fourth-order valence-electron chi connectivity index (χ4n) is 3.95. The van der Waals surface area contributed by atoms with Gasteiger partial charge in [0.15, 0.2) is 18.1 Å². The molecule has 2 N–H and O–H groups in total. The van der Waals surface area contributed by atoms with Crippen LogP contribution in [0.5, 0.6) is 11.5 Å². The van der Waals surface area contributed by atoms with Crippen LogP contribution in [-0.4, -0.2) is 25.5 Å². The molecule has 7 heteroatoms. The number of carbonyl (C=O) groups excluding carboxylic acids is 2.